The van der Waals surface area contributed by atoms with Gasteiger partial charge in [-0.05, 0) is 24.3 Å². The fraction of sp³-hybridized carbons (Fsp3) is 0.500. The number of ether oxygens (including phenoxy) is 1. The molecule has 2 amide bonds. The standard InChI is InChI=1S/C18H25N3O6S/c1-4-20(5-2)28(25,26)15-8-6-14(7-9-15)21-11-13(10-17(21)23)18(24)27-12-16(22)19-3/h6-9,13H,4-5,10-12H2,1-3H3,(H,19,22)/t13-/m1/s1. The fourth-order valence-corrected chi connectivity index (χ4v) is 4.41. The van der Waals surface area contributed by atoms with Crippen molar-refractivity contribution in [1.82, 2.24) is 9.62 Å². The lowest BCUT2D eigenvalue weighted by molar-refractivity contribution is -0.152. The molecule has 2 rings (SSSR count). The van der Waals surface area contributed by atoms with Crippen LogP contribution in [0.3, 0.4) is 0 Å². The number of hydrogen-bond donors (Lipinski definition) is 1. The molecule has 1 aliphatic rings. The summed E-state index contributed by atoms with van der Waals surface area (Å²) in [5.74, 6) is -1.97. The molecule has 0 bridgehead atoms. The highest BCUT2D eigenvalue weighted by Gasteiger charge is 2.36. The minimum Gasteiger partial charge on any atom is -0.455 e. The number of rotatable bonds is 8. The summed E-state index contributed by atoms with van der Waals surface area (Å²) in [7, 11) is -2.15. The van der Waals surface area contributed by atoms with Gasteiger partial charge in [-0.2, -0.15) is 4.31 Å². The van der Waals surface area contributed by atoms with Crippen molar-refractivity contribution in [3.63, 3.8) is 0 Å². The summed E-state index contributed by atoms with van der Waals surface area (Å²) < 4.78 is 31.3. The number of carbonyl (C=O) groups is 3. The molecule has 154 valence electrons. The van der Waals surface area contributed by atoms with E-state index in [0.29, 0.717) is 18.8 Å². The van der Waals surface area contributed by atoms with Gasteiger partial charge in [0.15, 0.2) is 6.61 Å². The first-order chi connectivity index (χ1) is 13.2. The molecule has 1 heterocycles. The number of carbonyl (C=O) groups excluding carboxylic acids is 3. The molecule has 1 aliphatic heterocycles. The normalized spacial score (nSPS) is 17.1. The molecule has 0 aliphatic carbocycles. The predicted molar refractivity (Wildman–Crippen MR) is 102 cm³/mol. The summed E-state index contributed by atoms with van der Waals surface area (Å²) in [6.07, 6.45) is -0.0218. The molecular formula is C18H25N3O6S. The molecule has 0 spiro atoms. The summed E-state index contributed by atoms with van der Waals surface area (Å²) in [4.78, 5) is 37.1. The van der Waals surface area contributed by atoms with Gasteiger partial charge in [-0.25, -0.2) is 8.42 Å². The first kappa shape index (κ1) is 21.8. The number of hydrogen-bond acceptors (Lipinski definition) is 6. The van der Waals surface area contributed by atoms with E-state index in [9.17, 15) is 22.8 Å². The average molecular weight is 411 g/mol. The van der Waals surface area contributed by atoms with E-state index in [1.807, 2.05) is 0 Å². The second kappa shape index (κ2) is 9.16. The molecule has 0 saturated carbocycles. The van der Waals surface area contributed by atoms with Gasteiger partial charge in [0, 0.05) is 38.8 Å². The number of esters is 1. The lowest BCUT2D eigenvalue weighted by Gasteiger charge is -2.20. The zero-order chi connectivity index (χ0) is 20.9. The van der Waals surface area contributed by atoms with E-state index in [1.54, 1.807) is 26.0 Å². The van der Waals surface area contributed by atoms with Gasteiger partial charge in [-0.15, -0.1) is 0 Å². The van der Waals surface area contributed by atoms with Crippen molar-refractivity contribution in [1.29, 1.82) is 0 Å². The van der Waals surface area contributed by atoms with Crippen LogP contribution in [0.1, 0.15) is 20.3 Å². The molecule has 0 aromatic heterocycles. The van der Waals surface area contributed by atoms with Crippen molar-refractivity contribution >= 4 is 33.5 Å². The minimum absolute atomic E-state index is 0.0218. The minimum atomic E-state index is -3.58. The Bertz CT molecular complexity index is 833. The van der Waals surface area contributed by atoms with Crippen molar-refractivity contribution < 1.29 is 27.5 Å². The van der Waals surface area contributed by atoms with E-state index in [0.717, 1.165) is 0 Å². The van der Waals surface area contributed by atoms with Crippen LogP contribution in [0.5, 0.6) is 0 Å². The quantitative estimate of drug-likeness (QED) is 0.618. The number of nitrogens with zero attached hydrogens (tertiary/aromatic N) is 2. The number of likely N-dealkylation sites (N-methyl/N-ethyl adjacent to an activating group) is 1. The Morgan fingerprint density at radius 1 is 1.21 bits per heavy atom. The third-order valence-corrected chi connectivity index (χ3v) is 6.64. The van der Waals surface area contributed by atoms with E-state index in [4.69, 9.17) is 4.74 Å². The highest BCUT2D eigenvalue weighted by atomic mass is 32.2. The maximum Gasteiger partial charge on any atom is 0.311 e. The van der Waals surface area contributed by atoms with Crippen LogP contribution in [0.4, 0.5) is 5.69 Å². The van der Waals surface area contributed by atoms with Crippen molar-refractivity contribution in [2.24, 2.45) is 5.92 Å². The molecule has 0 unspecified atom stereocenters. The zero-order valence-corrected chi connectivity index (χ0v) is 17.0. The molecular weight excluding hydrogens is 386 g/mol. The number of benzene rings is 1. The Morgan fingerprint density at radius 2 is 1.82 bits per heavy atom. The Hall–Kier alpha value is -2.46. The van der Waals surface area contributed by atoms with Crippen molar-refractivity contribution in [2.45, 2.75) is 25.2 Å². The van der Waals surface area contributed by atoms with Gasteiger partial charge in [-0.3, -0.25) is 14.4 Å². The third-order valence-electron chi connectivity index (χ3n) is 4.57. The van der Waals surface area contributed by atoms with Crippen LogP contribution in [0.25, 0.3) is 0 Å². The number of amides is 2. The molecule has 1 atom stereocenters. The highest BCUT2D eigenvalue weighted by molar-refractivity contribution is 7.89. The zero-order valence-electron chi connectivity index (χ0n) is 16.2. The first-order valence-corrected chi connectivity index (χ1v) is 10.5. The van der Waals surface area contributed by atoms with Gasteiger partial charge in [-0.1, -0.05) is 13.8 Å². The fourth-order valence-electron chi connectivity index (χ4n) is 2.95. The molecule has 0 radical (unpaired) electrons. The van der Waals surface area contributed by atoms with Gasteiger partial charge in [0.25, 0.3) is 5.91 Å². The second-order valence-electron chi connectivity index (χ2n) is 6.27. The van der Waals surface area contributed by atoms with Gasteiger partial charge in [0.1, 0.15) is 0 Å². The smallest absolute Gasteiger partial charge is 0.311 e. The Kier molecular flexibility index (Phi) is 7.14. The third kappa shape index (κ3) is 4.68. The van der Waals surface area contributed by atoms with Crippen molar-refractivity contribution in [2.75, 3.05) is 38.2 Å². The van der Waals surface area contributed by atoms with Crippen LogP contribution in [0.2, 0.25) is 0 Å². The van der Waals surface area contributed by atoms with E-state index < -0.39 is 34.4 Å². The van der Waals surface area contributed by atoms with Crippen LogP contribution in [0, 0.1) is 5.92 Å². The molecule has 28 heavy (non-hydrogen) atoms. The van der Waals surface area contributed by atoms with Crippen LogP contribution >= 0.6 is 0 Å². The maximum atomic E-state index is 12.5. The Balaban J connectivity index is 2.09. The largest absolute Gasteiger partial charge is 0.455 e. The second-order valence-corrected chi connectivity index (χ2v) is 8.21. The molecule has 1 aromatic carbocycles. The average Bonchev–Trinajstić information content (AvgIpc) is 3.08. The van der Waals surface area contributed by atoms with Gasteiger partial charge >= 0.3 is 5.97 Å². The molecule has 1 fully saturated rings. The van der Waals surface area contributed by atoms with E-state index >= 15 is 0 Å². The lowest BCUT2D eigenvalue weighted by atomic mass is 10.1. The number of nitrogens with one attached hydrogen (secondary N) is 1. The van der Waals surface area contributed by atoms with Gasteiger partial charge in [0.05, 0.1) is 10.8 Å². The summed E-state index contributed by atoms with van der Waals surface area (Å²) in [6.45, 7) is 3.99. The summed E-state index contributed by atoms with van der Waals surface area (Å²) in [5.41, 5.74) is 0.505. The maximum absolute atomic E-state index is 12.5. The monoisotopic (exact) mass is 411 g/mol. The summed E-state index contributed by atoms with van der Waals surface area (Å²) >= 11 is 0. The SMILES string of the molecule is CCN(CC)S(=O)(=O)c1ccc(N2C[C@H](C(=O)OCC(=O)NC)CC2=O)cc1. The molecule has 1 saturated heterocycles. The van der Waals surface area contributed by atoms with E-state index in [-0.39, 0.29) is 23.8 Å². The highest BCUT2D eigenvalue weighted by Crippen LogP contribution is 2.27. The van der Waals surface area contributed by atoms with Crippen LogP contribution in [-0.4, -0.2) is 63.8 Å². The molecule has 1 N–H and O–H groups in total. The predicted octanol–water partition coefficient (Wildman–Crippen LogP) is 0.359. The molecule has 1 aromatic rings. The Labute approximate surface area is 164 Å². The first-order valence-electron chi connectivity index (χ1n) is 9.02. The summed E-state index contributed by atoms with van der Waals surface area (Å²) in [6, 6.07) is 6.00. The number of anilines is 1. The molecule has 9 nitrogen and oxygen atoms in total. The van der Waals surface area contributed by atoms with Crippen LogP contribution in [-0.2, 0) is 29.1 Å². The topological polar surface area (TPSA) is 113 Å². The van der Waals surface area contributed by atoms with Crippen LogP contribution in [0.15, 0.2) is 29.2 Å². The van der Waals surface area contributed by atoms with E-state index in [2.05, 4.69) is 5.32 Å². The van der Waals surface area contributed by atoms with Crippen molar-refractivity contribution in [3.8, 4) is 0 Å². The lowest BCUT2D eigenvalue weighted by Crippen LogP contribution is -2.31. The van der Waals surface area contributed by atoms with Gasteiger partial charge in [0.2, 0.25) is 15.9 Å². The Morgan fingerprint density at radius 3 is 2.36 bits per heavy atom. The number of sulfonamides is 1. The molecule has 10 heteroatoms. The van der Waals surface area contributed by atoms with Gasteiger partial charge < -0.3 is 15.0 Å². The van der Waals surface area contributed by atoms with Crippen molar-refractivity contribution in [3.05, 3.63) is 24.3 Å². The summed E-state index contributed by atoms with van der Waals surface area (Å²) in [5, 5.41) is 2.34. The van der Waals surface area contributed by atoms with E-state index in [1.165, 1.54) is 28.4 Å². The van der Waals surface area contributed by atoms with Crippen LogP contribution < -0.4 is 10.2 Å².